The van der Waals surface area contributed by atoms with Crippen molar-refractivity contribution < 1.29 is 23.9 Å². The molecule has 1 heterocycles. The van der Waals surface area contributed by atoms with Gasteiger partial charge in [0.1, 0.15) is 12.1 Å². The van der Waals surface area contributed by atoms with Crippen molar-refractivity contribution >= 4 is 23.8 Å². The standard InChI is InChI=1S/C17H27N3O5/c1-4-19(5-2)13(21)11-25-14(22)10-20-15(23)17(18-16(20)24)9-7-6-8-12(17)3/h12H,4-11H2,1-3H3,(H,18,24)/t12-,17-/m1/s1. The molecule has 8 heteroatoms. The van der Waals surface area contributed by atoms with E-state index in [4.69, 9.17) is 4.74 Å². The number of carbonyl (C=O) groups excluding carboxylic acids is 4. The molecule has 140 valence electrons. The van der Waals surface area contributed by atoms with Gasteiger partial charge in [-0.15, -0.1) is 0 Å². The Labute approximate surface area is 147 Å². The molecule has 8 nitrogen and oxygen atoms in total. The van der Waals surface area contributed by atoms with Crippen LogP contribution in [0.3, 0.4) is 0 Å². The average molecular weight is 353 g/mol. The molecule has 1 saturated heterocycles. The van der Waals surface area contributed by atoms with Gasteiger partial charge in [0.25, 0.3) is 11.8 Å². The number of likely N-dealkylation sites (N-methyl/N-ethyl adjacent to an activating group) is 1. The lowest BCUT2D eigenvalue weighted by atomic mass is 9.73. The van der Waals surface area contributed by atoms with E-state index in [1.165, 1.54) is 0 Å². The summed E-state index contributed by atoms with van der Waals surface area (Å²) in [5.41, 5.74) is -0.896. The number of carbonyl (C=O) groups is 4. The topological polar surface area (TPSA) is 96.0 Å². The van der Waals surface area contributed by atoms with Crippen LogP contribution in [0.2, 0.25) is 0 Å². The maximum absolute atomic E-state index is 12.7. The van der Waals surface area contributed by atoms with Crippen molar-refractivity contribution in [3.63, 3.8) is 0 Å². The lowest BCUT2D eigenvalue weighted by molar-refractivity contribution is -0.154. The molecular weight excluding hydrogens is 326 g/mol. The fourth-order valence-corrected chi connectivity index (χ4v) is 3.62. The second kappa shape index (κ2) is 7.84. The zero-order chi connectivity index (χ0) is 18.6. The van der Waals surface area contributed by atoms with Crippen LogP contribution in [0.4, 0.5) is 4.79 Å². The van der Waals surface area contributed by atoms with Crippen LogP contribution in [-0.2, 0) is 19.1 Å². The maximum atomic E-state index is 12.7. The third-order valence-corrected chi connectivity index (χ3v) is 5.26. The summed E-state index contributed by atoms with van der Waals surface area (Å²) in [6.07, 6.45) is 3.35. The minimum absolute atomic E-state index is 0.0305. The van der Waals surface area contributed by atoms with Crippen LogP contribution in [0.15, 0.2) is 0 Å². The lowest BCUT2D eigenvalue weighted by Crippen LogP contribution is -2.54. The van der Waals surface area contributed by atoms with E-state index in [0.29, 0.717) is 19.5 Å². The van der Waals surface area contributed by atoms with Crippen LogP contribution in [0.1, 0.15) is 46.5 Å². The van der Waals surface area contributed by atoms with Crippen LogP contribution in [-0.4, -0.2) is 65.4 Å². The molecule has 0 aromatic rings. The summed E-state index contributed by atoms with van der Waals surface area (Å²) >= 11 is 0. The Morgan fingerprint density at radius 2 is 1.96 bits per heavy atom. The van der Waals surface area contributed by atoms with Gasteiger partial charge < -0.3 is 15.0 Å². The third kappa shape index (κ3) is 3.77. The van der Waals surface area contributed by atoms with E-state index in [1.807, 2.05) is 20.8 Å². The van der Waals surface area contributed by atoms with E-state index in [1.54, 1.807) is 4.90 Å². The third-order valence-electron chi connectivity index (χ3n) is 5.26. The monoisotopic (exact) mass is 353 g/mol. The largest absolute Gasteiger partial charge is 0.454 e. The molecule has 1 N–H and O–H groups in total. The molecule has 2 atom stereocenters. The summed E-state index contributed by atoms with van der Waals surface area (Å²) in [5.74, 6) is -1.39. The van der Waals surface area contributed by atoms with Gasteiger partial charge in [0, 0.05) is 13.1 Å². The van der Waals surface area contributed by atoms with Gasteiger partial charge in [-0.05, 0) is 32.6 Å². The van der Waals surface area contributed by atoms with Gasteiger partial charge in [-0.25, -0.2) is 4.79 Å². The van der Waals surface area contributed by atoms with Crippen molar-refractivity contribution in [1.82, 2.24) is 15.1 Å². The number of nitrogens with zero attached hydrogens (tertiary/aromatic N) is 2. The summed E-state index contributed by atoms with van der Waals surface area (Å²) in [7, 11) is 0. The molecule has 0 radical (unpaired) electrons. The van der Waals surface area contributed by atoms with Crippen LogP contribution < -0.4 is 5.32 Å². The van der Waals surface area contributed by atoms with Crippen LogP contribution >= 0.6 is 0 Å². The Bertz CT molecular complexity index is 560. The highest BCUT2D eigenvalue weighted by molar-refractivity contribution is 6.09. The van der Waals surface area contributed by atoms with Crippen LogP contribution in [0, 0.1) is 5.92 Å². The van der Waals surface area contributed by atoms with E-state index in [9.17, 15) is 19.2 Å². The molecule has 2 rings (SSSR count). The van der Waals surface area contributed by atoms with Gasteiger partial charge in [0.15, 0.2) is 6.61 Å². The van der Waals surface area contributed by atoms with Gasteiger partial charge in [-0.1, -0.05) is 19.8 Å². The fraction of sp³-hybridized carbons (Fsp3) is 0.765. The van der Waals surface area contributed by atoms with Gasteiger partial charge in [0.05, 0.1) is 0 Å². The number of esters is 1. The molecule has 1 spiro atoms. The number of hydrogen-bond donors (Lipinski definition) is 1. The minimum atomic E-state index is -0.896. The number of ether oxygens (including phenoxy) is 1. The first-order valence-corrected chi connectivity index (χ1v) is 8.93. The molecule has 4 amide bonds. The van der Waals surface area contributed by atoms with Crippen LogP contribution in [0.25, 0.3) is 0 Å². The maximum Gasteiger partial charge on any atom is 0.326 e. The SMILES string of the molecule is CCN(CC)C(=O)COC(=O)CN1C(=O)N[C@@]2(CCCC[C@H]2C)C1=O. The number of urea groups is 1. The Morgan fingerprint density at radius 3 is 2.56 bits per heavy atom. The van der Waals surface area contributed by atoms with Crippen molar-refractivity contribution in [3.8, 4) is 0 Å². The zero-order valence-electron chi connectivity index (χ0n) is 15.2. The second-order valence-electron chi connectivity index (χ2n) is 6.67. The van der Waals surface area contributed by atoms with E-state index in [-0.39, 0.29) is 24.3 Å². The first kappa shape index (κ1) is 19.2. The van der Waals surface area contributed by atoms with Gasteiger partial charge in [-0.3, -0.25) is 19.3 Å². The van der Waals surface area contributed by atoms with Crippen molar-refractivity contribution in [2.24, 2.45) is 5.92 Å². The first-order valence-electron chi connectivity index (χ1n) is 8.93. The average Bonchev–Trinajstić information content (AvgIpc) is 2.82. The van der Waals surface area contributed by atoms with Gasteiger partial charge in [-0.2, -0.15) is 0 Å². The number of imide groups is 1. The quantitative estimate of drug-likeness (QED) is 0.565. The molecule has 0 aromatic carbocycles. The normalized spacial score (nSPS) is 25.9. The highest BCUT2D eigenvalue weighted by atomic mass is 16.5. The molecule has 0 bridgehead atoms. The second-order valence-corrected chi connectivity index (χ2v) is 6.67. The molecule has 1 aliphatic heterocycles. The molecule has 1 saturated carbocycles. The Morgan fingerprint density at radius 1 is 1.28 bits per heavy atom. The molecule has 2 aliphatic rings. The van der Waals surface area contributed by atoms with Crippen LogP contribution in [0.5, 0.6) is 0 Å². The number of amides is 4. The fourth-order valence-electron chi connectivity index (χ4n) is 3.62. The van der Waals surface area contributed by atoms with Crippen molar-refractivity contribution in [2.75, 3.05) is 26.2 Å². The van der Waals surface area contributed by atoms with Crippen molar-refractivity contribution in [3.05, 3.63) is 0 Å². The Kier molecular flexibility index (Phi) is 6.02. The molecule has 25 heavy (non-hydrogen) atoms. The highest BCUT2D eigenvalue weighted by Crippen LogP contribution is 2.38. The van der Waals surface area contributed by atoms with Crippen molar-refractivity contribution in [2.45, 2.75) is 52.0 Å². The smallest absolute Gasteiger partial charge is 0.326 e. The minimum Gasteiger partial charge on any atom is -0.454 e. The van der Waals surface area contributed by atoms with Gasteiger partial charge in [0.2, 0.25) is 0 Å². The first-order chi connectivity index (χ1) is 11.9. The molecule has 0 aromatic heterocycles. The number of rotatable bonds is 6. The summed E-state index contributed by atoms with van der Waals surface area (Å²) < 4.78 is 4.95. The Balaban J connectivity index is 1.94. The number of nitrogens with one attached hydrogen (secondary N) is 1. The highest BCUT2D eigenvalue weighted by Gasteiger charge is 2.55. The molecular formula is C17H27N3O5. The predicted octanol–water partition coefficient (Wildman–Crippen LogP) is 0.899. The Hall–Kier alpha value is -2.12. The van der Waals surface area contributed by atoms with E-state index in [2.05, 4.69) is 5.32 Å². The number of hydrogen-bond acceptors (Lipinski definition) is 5. The predicted molar refractivity (Wildman–Crippen MR) is 89.5 cm³/mol. The van der Waals surface area contributed by atoms with E-state index < -0.39 is 24.1 Å². The van der Waals surface area contributed by atoms with E-state index >= 15 is 0 Å². The summed E-state index contributed by atoms with van der Waals surface area (Å²) in [6.45, 7) is 5.82. The van der Waals surface area contributed by atoms with Crippen molar-refractivity contribution in [1.29, 1.82) is 0 Å². The molecule has 2 fully saturated rings. The summed E-state index contributed by atoms with van der Waals surface area (Å²) in [4.78, 5) is 51.2. The zero-order valence-corrected chi connectivity index (χ0v) is 15.2. The molecule has 0 unspecified atom stereocenters. The summed E-state index contributed by atoms with van der Waals surface area (Å²) in [5, 5.41) is 2.78. The summed E-state index contributed by atoms with van der Waals surface area (Å²) in [6, 6.07) is -0.564. The lowest BCUT2D eigenvalue weighted by Gasteiger charge is -2.36. The van der Waals surface area contributed by atoms with Gasteiger partial charge >= 0.3 is 12.0 Å². The van der Waals surface area contributed by atoms with E-state index in [0.717, 1.165) is 24.2 Å². The molecule has 1 aliphatic carbocycles.